The maximum atomic E-state index is 12.8. The van der Waals surface area contributed by atoms with Crippen LogP contribution in [0.5, 0.6) is 5.75 Å². The molecule has 144 valence electrons. The monoisotopic (exact) mass is 368 g/mol. The molecule has 0 unspecified atom stereocenters. The molecule has 2 rings (SSSR count). The summed E-state index contributed by atoms with van der Waals surface area (Å²) in [6.07, 6.45) is 0. The molecule has 0 aromatic heterocycles. The summed E-state index contributed by atoms with van der Waals surface area (Å²) in [5.74, 6) is -0.124. The number of ether oxygens (including phenoxy) is 1. The molecule has 0 spiro atoms. The molecule has 0 saturated heterocycles. The van der Waals surface area contributed by atoms with E-state index in [4.69, 9.17) is 4.74 Å². The van der Waals surface area contributed by atoms with E-state index >= 15 is 0 Å². The van der Waals surface area contributed by atoms with Crippen LogP contribution in [0.25, 0.3) is 0 Å². The van der Waals surface area contributed by atoms with Crippen LogP contribution >= 0.6 is 0 Å². The number of hydrogen-bond acceptors (Lipinski definition) is 3. The van der Waals surface area contributed by atoms with Gasteiger partial charge in [0.15, 0.2) is 0 Å². The Labute approximate surface area is 161 Å². The third-order valence-corrected chi connectivity index (χ3v) is 4.31. The summed E-state index contributed by atoms with van der Waals surface area (Å²) < 4.78 is 5.52. The van der Waals surface area contributed by atoms with E-state index in [1.165, 1.54) is 0 Å². The van der Waals surface area contributed by atoms with Gasteiger partial charge in [0, 0.05) is 5.69 Å². The number of hydrogen-bond donors (Lipinski definition) is 2. The zero-order valence-electron chi connectivity index (χ0n) is 16.6. The molecule has 0 heterocycles. The summed E-state index contributed by atoms with van der Waals surface area (Å²) in [7, 11) is 0. The predicted molar refractivity (Wildman–Crippen MR) is 108 cm³/mol. The highest BCUT2D eigenvalue weighted by Crippen LogP contribution is 2.20. The van der Waals surface area contributed by atoms with E-state index in [1.807, 2.05) is 58.9 Å². The first-order valence-corrected chi connectivity index (χ1v) is 9.24. The van der Waals surface area contributed by atoms with E-state index in [0.717, 1.165) is 16.8 Å². The molecular weight excluding hydrogens is 340 g/mol. The molecule has 2 amide bonds. The third-order valence-electron chi connectivity index (χ3n) is 4.31. The van der Waals surface area contributed by atoms with Crippen LogP contribution in [0.4, 0.5) is 5.69 Å². The number of anilines is 1. The average molecular weight is 368 g/mol. The van der Waals surface area contributed by atoms with Gasteiger partial charge in [0.2, 0.25) is 5.91 Å². The Morgan fingerprint density at radius 2 is 1.78 bits per heavy atom. The van der Waals surface area contributed by atoms with Gasteiger partial charge in [-0.2, -0.15) is 0 Å². The molecule has 0 saturated carbocycles. The van der Waals surface area contributed by atoms with Gasteiger partial charge in [0.05, 0.1) is 12.2 Å². The molecule has 0 bridgehead atoms. The van der Waals surface area contributed by atoms with Gasteiger partial charge in [0.1, 0.15) is 11.8 Å². The van der Waals surface area contributed by atoms with Crippen LogP contribution < -0.4 is 15.4 Å². The Hall–Kier alpha value is -2.82. The summed E-state index contributed by atoms with van der Waals surface area (Å²) in [6.45, 7) is 10.1. The maximum absolute atomic E-state index is 12.8. The Balaban J connectivity index is 2.17. The predicted octanol–water partition coefficient (Wildman–Crippen LogP) is 4.10. The largest absolute Gasteiger partial charge is 0.493 e. The molecule has 0 aliphatic rings. The van der Waals surface area contributed by atoms with Crippen LogP contribution in [0, 0.1) is 19.8 Å². The molecule has 5 heteroatoms. The molecule has 2 aromatic carbocycles. The van der Waals surface area contributed by atoms with Crippen LogP contribution in [0.15, 0.2) is 42.5 Å². The molecule has 2 aromatic rings. The summed E-state index contributed by atoms with van der Waals surface area (Å²) in [5.41, 5.74) is 3.29. The Kier molecular flexibility index (Phi) is 6.99. The minimum Gasteiger partial charge on any atom is -0.493 e. The lowest BCUT2D eigenvalue weighted by Crippen LogP contribution is -2.47. The molecule has 0 aliphatic carbocycles. The summed E-state index contributed by atoms with van der Waals surface area (Å²) in [5, 5.41) is 5.78. The van der Waals surface area contributed by atoms with Crippen LogP contribution in [0.2, 0.25) is 0 Å². The van der Waals surface area contributed by atoms with E-state index in [1.54, 1.807) is 18.2 Å². The van der Waals surface area contributed by atoms with Crippen molar-refractivity contribution in [3.8, 4) is 5.75 Å². The van der Waals surface area contributed by atoms with E-state index in [9.17, 15) is 9.59 Å². The normalized spacial score (nSPS) is 11.8. The molecule has 0 fully saturated rings. The Bertz CT molecular complexity index is 815. The molecule has 2 N–H and O–H groups in total. The van der Waals surface area contributed by atoms with E-state index in [-0.39, 0.29) is 17.7 Å². The van der Waals surface area contributed by atoms with Crippen LogP contribution in [0.3, 0.4) is 0 Å². The van der Waals surface area contributed by atoms with Crippen LogP contribution in [-0.4, -0.2) is 24.5 Å². The lowest BCUT2D eigenvalue weighted by Gasteiger charge is -2.23. The lowest BCUT2D eigenvalue weighted by molar-refractivity contribution is -0.118. The zero-order chi connectivity index (χ0) is 20.0. The smallest absolute Gasteiger partial charge is 0.255 e. The lowest BCUT2D eigenvalue weighted by atomic mass is 10.0. The highest BCUT2D eigenvalue weighted by molar-refractivity contribution is 6.02. The first-order chi connectivity index (χ1) is 12.8. The number of carbonyl (C=O) groups excluding carboxylic acids is 2. The van der Waals surface area contributed by atoms with Gasteiger partial charge >= 0.3 is 0 Å². The quantitative estimate of drug-likeness (QED) is 0.773. The SMILES string of the molecule is CCOc1ccccc1C(=O)N[C@@H](C(=O)Nc1ccc(C)cc1C)C(C)C. The zero-order valence-corrected chi connectivity index (χ0v) is 16.6. The number of amides is 2. The minimum absolute atomic E-state index is 0.0704. The van der Waals surface area contributed by atoms with Crippen molar-refractivity contribution < 1.29 is 14.3 Å². The number of nitrogens with one attached hydrogen (secondary N) is 2. The van der Waals surface area contributed by atoms with Crippen molar-refractivity contribution >= 4 is 17.5 Å². The second-order valence-electron chi connectivity index (χ2n) is 6.93. The highest BCUT2D eigenvalue weighted by atomic mass is 16.5. The fourth-order valence-electron chi connectivity index (χ4n) is 2.85. The summed E-state index contributed by atoms with van der Waals surface area (Å²) in [6, 6.07) is 12.2. The molecular formula is C22H28N2O3. The fourth-order valence-corrected chi connectivity index (χ4v) is 2.85. The number of rotatable bonds is 7. The maximum Gasteiger partial charge on any atom is 0.255 e. The van der Waals surface area contributed by atoms with Crippen molar-refractivity contribution in [3.05, 3.63) is 59.2 Å². The second-order valence-corrected chi connectivity index (χ2v) is 6.93. The first kappa shape index (κ1) is 20.5. The van der Waals surface area contributed by atoms with E-state index in [0.29, 0.717) is 17.9 Å². The van der Waals surface area contributed by atoms with Crippen molar-refractivity contribution in [2.45, 2.75) is 40.7 Å². The molecule has 1 atom stereocenters. The van der Waals surface area contributed by atoms with Gasteiger partial charge in [-0.05, 0) is 50.5 Å². The molecule has 0 aliphatic heterocycles. The number of benzene rings is 2. The highest BCUT2D eigenvalue weighted by Gasteiger charge is 2.26. The second kappa shape index (κ2) is 9.21. The van der Waals surface area contributed by atoms with Crippen molar-refractivity contribution in [3.63, 3.8) is 0 Å². The topological polar surface area (TPSA) is 67.4 Å². The molecule has 5 nitrogen and oxygen atoms in total. The molecule has 27 heavy (non-hydrogen) atoms. The van der Waals surface area contributed by atoms with Gasteiger partial charge in [-0.25, -0.2) is 0 Å². The average Bonchev–Trinajstić information content (AvgIpc) is 2.62. The Morgan fingerprint density at radius 3 is 2.41 bits per heavy atom. The fraction of sp³-hybridized carbons (Fsp3) is 0.364. The third kappa shape index (κ3) is 5.33. The van der Waals surface area contributed by atoms with E-state index < -0.39 is 6.04 Å². The molecule has 0 radical (unpaired) electrons. The van der Waals surface area contributed by atoms with Gasteiger partial charge in [0.25, 0.3) is 5.91 Å². The van der Waals surface area contributed by atoms with Gasteiger partial charge < -0.3 is 15.4 Å². The van der Waals surface area contributed by atoms with E-state index in [2.05, 4.69) is 10.6 Å². The number of aryl methyl sites for hydroxylation is 2. The first-order valence-electron chi connectivity index (χ1n) is 9.24. The van der Waals surface area contributed by atoms with Gasteiger partial charge in [-0.1, -0.05) is 43.7 Å². The Morgan fingerprint density at radius 1 is 1.07 bits per heavy atom. The minimum atomic E-state index is -0.659. The summed E-state index contributed by atoms with van der Waals surface area (Å²) >= 11 is 0. The number of para-hydroxylation sites is 1. The number of carbonyl (C=O) groups is 2. The standard InChI is InChI=1S/C22H28N2O3/c1-6-27-19-10-8-7-9-17(19)21(25)24-20(14(2)3)22(26)23-18-12-11-15(4)13-16(18)5/h7-14,20H,6H2,1-5H3,(H,23,26)(H,24,25)/t20-/m1/s1. The van der Waals surface area contributed by atoms with Crippen molar-refractivity contribution in [1.29, 1.82) is 0 Å². The van der Waals surface area contributed by atoms with Crippen molar-refractivity contribution in [2.75, 3.05) is 11.9 Å². The van der Waals surface area contributed by atoms with Crippen LogP contribution in [-0.2, 0) is 4.79 Å². The van der Waals surface area contributed by atoms with Gasteiger partial charge in [-0.15, -0.1) is 0 Å². The van der Waals surface area contributed by atoms with Crippen molar-refractivity contribution in [2.24, 2.45) is 5.92 Å². The summed E-state index contributed by atoms with van der Waals surface area (Å²) in [4.78, 5) is 25.6. The van der Waals surface area contributed by atoms with Crippen molar-refractivity contribution in [1.82, 2.24) is 5.32 Å². The van der Waals surface area contributed by atoms with Crippen LogP contribution in [0.1, 0.15) is 42.3 Å². The van der Waals surface area contributed by atoms with Gasteiger partial charge in [-0.3, -0.25) is 9.59 Å².